The monoisotopic (exact) mass is 259 g/mol. The number of aromatic carboxylic acids is 2. The van der Waals surface area contributed by atoms with Gasteiger partial charge in [0, 0.05) is 6.20 Å². The highest BCUT2D eigenvalue weighted by Crippen LogP contribution is 2.21. The van der Waals surface area contributed by atoms with Crippen molar-refractivity contribution in [1.29, 1.82) is 0 Å². The van der Waals surface area contributed by atoms with Gasteiger partial charge in [0.15, 0.2) is 0 Å². The summed E-state index contributed by atoms with van der Waals surface area (Å²) < 4.78 is 5.39. The van der Waals surface area contributed by atoms with Gasteiger partial charge >= 0.3 is 11.9 Å². The summed E-state index contributed by atoms with van der Waals surface area (Å²) in [6.07, 6.45) is 2.58. The molecule has 6 nitrogen and oxygen atoms in total. The second-order valence-corrected chi connectivity index (χ2v) is 3.65. The zero-order valence-corrected chi connectivity index (χ0v) is 9.61. The van der Waals surface area contributed by atoms with Gasteiger partial charge in [-0.15, -0.1) is 0 Å². The van der Waals surface area contributed by atoms with Crippen molar-refractivity contribution in [2.24, 2.45) is 0 Å². The topological polar surface area (TPSA) is 96.7 Å². The molecule has 2 N–H and O–H groups in total. The Morgan fingerprint density at radius 2 is 1.53 bits per heavy atom. The molecule has 6 heteroatoms. The number of rotatable bonds is 4. The van der Waals surface area contributed by atoms with Gasteiger partial charge in [-0.3, -0.25) is 4.98 Å². The molecule has 0 unspecified atom stereocenters. The first kappa shape index (κ1) is 12.6. The summed E-state index contributed by atoms with van der Waals surface area (Å²) in [5.74, 6) is -1.46. The van der Waals surface area contributed by atoms with Gasteiger partial charge in [0.05, 0.1) is 17.3 Å². The molecule has 2 rings (SSSR count). The highest BCUT2D eigenvalue weighted by molar-refractivity contribution is 5.88. The van der Waals surface area contributed by atoms with Crippen LogP contribution in [0.2, 0.25) is 0 Å². The van der Waals surface area contributed by atoms with Crippen LogP contribution in [0.4, 0.5) is 0 Å². The van der Waals surface area contributed by atoms with Gasteiger partial charge in [-0.25, -0.2) is 9.59 Å². The highest BCUT2D eigenvalue weighted by atomic mass is 16.5. The van der Waals surface area contributed by atoms with Crippen molar-refractivity contribution < 1.29 is 24.5 Å². The molecule has 0 radical (unpaired) electrons. The van der Waals surface area contributed by atoms with Gasteiger partial charge in [0.2, 0.25) is 0 Å². The van der Waals surface area contributed by atoms with E-state index < -0.39 is 11.9 Å². The van der Waals surface area contributed by atoms with E-state index in [1.54, 1.807) is 0 Å². The average molecular weight is 259 g/mol. The first-order chi connectivity index (χ1) is 9.06. The normalized spacial score (nSPS) is 9.89. The number of aromatic nitrogens is 1. The van der Waals surface area contributed by atoms with Crippen LogP contribution < -0.4 is 4.74 Å². The van der Waals surface area contributed by atoms with Gasteiger partial charge in [-0.1, -0.05) is 0 Å². The number of hydrogen-bond donors (Lipinski definition) is 2. The second kappa shape index (κ2) is 5.18. The molecule has 1 aromatic carbocycles. The fourth-order valence-electron chi connectivity index (χ4n) is 1.39. The predicted molar refractivity (Wildman–Crippen MR) is 64.7 cm³/mol. The average Bonchev–Trinajstić information content (AvgIpc) is 2.39. The molecular formula is C13H9NO5. The van der Waals surface area contributed by atoms with Crippen molar-refractivity contribution in [3.63, 3.8) is 0 Å². The number of nitrogens with zero attached hydrogens (tertiary/aromatic N) is 1. The number of ether oxygens (including phenoxy) is 1. The van der Waals surface area contributed by atoms with Crippen LogP contribution in [0.15, 0.2) is 42.7 Å². The van der Waals surface area contributed by atoms with Crippen LogP contribution in [0.25, 0.3) is 0 Å². The molecule has 96 valence electrons. The third kappa shape index (κ3) is 3.06. The summed E-state index contributed by atoms with van der Waals surface area (Å²) in [7, 11) is 0. The first-order valence-corrected chi connectivity index (χ1v) is 5.26. The van der Waals surface area contributed by atoms with E-state index in [1.165, 1.54) is 42.7 Å². The Bertz CT molecular complexity index is 621. The van der Waals surface area contributed by atoms with Crippen molar-refractivity contribution in [2.75, 3.05) is 0 Å². The van der Waals surface area contributed by atoms with Crippen LogP contribution in [-0.2, 0) is 0 Å². The minimum Gasteiger partial charge on any atom is -0.478 e. The standard InChI is InChI=1S/C13H9NO5/c15-12(16)8-1-3-10(4-2-8)19-11-5-9(13(17)18)6-14-7-11/h1-7H,(H,15,16)(H,17,18). The molecule has 0 amide bonds. The van der Waals surface area contributed by atoms with Crippen LogP contribution in [0, 0.1) is 0 Å². The summed E-state index contributed by atoms with van der Waals surface area (Å²) in [4.78, 5) is 25.2. The van der Waals surface area contributed by atoms with Gasteiger partial charge in [0.1, 0.15) is 11.5 Å². The fraction of sp³-hybridized carbons (Fsp3) is 0. The van der Waals surface area contributed by atoms with Crippen LogP contribution in [-0.4, -0.2) is 27.1 Å². The Balaban J connectivity index is 2.19. The quantitative estimate of drug-likeness (QED) is 0.874. The Kier molecular flexibility index (Phi) is 3.42. The maximum Gasteiger partial charge on any atom is 0.337 e. The van der Waals surface area contributed by atoms with E-state index >= 15 is 0 Å². The molecule has 1 heterocycles. The van der Waals surface area contributed by atoms with Gasteiger partial charge < -0.3 is 14.9 Å². The number of benzene rings is 1. The minimum atomic E-state index is -1.10. The molecule has 0 aliphatic heterocycles. The summed E-state index contributed by atoms with van der Waals surface area (Å²) in [6.45, 7) is 0. The molecule has 0 spiro atoms. The highest BCUT2D eigenvalue weighted by Gasteiger charge is 2.06. The molecule has 0 fully saturated rings. The lowest BCUT2D eigenvalue weighted by Gasteiger charge is -2.06. The number of carboxylic acid groups (broad SMARTS) is 2. The number of carbonyl (C=O) groups is 2. The lowest BCUT2D eigenvalue weighted by atomic mass is 10.2. The number of pyridine rings is 1. The van der Waals surface area contributed by atoms with Crippen LogP contribution >= 0.6 is 0 Å². The molecular weight excluding hydrogens is 250 g/mol. The van der Waals surface area contributed by atoms with Crippen molar-refractivity contribution in [2.45, 2.75) is 0 Å². The summed E-state index contributed by atoms with van der Waals surface area (Å²) in [5, 5.41) is 17.6. The Hall–Kier alpha value is -2.89. The summed E-state index contributed by atoms with van der Waals surface area (Å²) in [5.41, 5.74) is 0.157. The van der Waals surface area contributed by atoms with E-state index in [0.29, 0.717) is 5.75 Å². The Morgan fingerprint density at radius 1 is 0.895 bits per heavy atom. The van der Waals surface area contributed by atoms with Gasteiger partial charge in [-0.05, 0) is 30.3 Å². The molecule has 0 aliphatic carbocycles. The molecule has 0 bridgehead atoms. The van der Waals surface area contributed by atoms with E-state index in [2.05, 4.69) is 4.98 Å². The van der Waals surface area contributed by atoms with Crippen LogP contribution in [0.3, 0.4) is 0 Å². The molecule has 0 saturated carbocycles. The van der Waals surface area contributed by atoms with E-state index in [1.807, 2.05) is 0 Å². The molecule has 0 aliphatic rings. The fourth-order valence-corrected chi connectivity index (χ4v) is 1.39. The van der Waals surface area contributed by atoms with E-state index in [0.717, 1.165) is 0 Å². The molecule has 0 atom stereocenters. The van der Waals surface area contributed by atoms with Crippen molar-refractivity contribution in [3.05, 3.63) is 53.9 Å². The van der Waals surface area contributed by atoms with E-state index in [-0.39, 0.29) is 16.9 Å². The maximum absolute atomic E-state index is 10.8. The van der Waals surface area contributed by atoms with Crippen LogP contribution in [0.1, 0.15) is 20.7 Å². The maximum atomic E-state index is 10.8. The molecule has 0 saturated heterocycles. The smallest absolute Gasteiger partial charge is 0.337 e. The largest absolute Gasteiger partial charge is 0.478 e. The number of carboxylic acids is 2. The number of hydrogen-bond acceptors (Lipinski definition) is 4. The second-order valence-electron chi connectivity index (χ2n) is 3.65. The summed E-state index contributed by atoms with van der Waals surface area (Å²) in [6, 6.07) is 7.09. The Labute approximate surface area is 107 Å². The Morgan fingerprint density at radius 3 is 2.11 bits per heavy atom. The predicted octanol–water partition coefficient (Wildman–Crippen LogP) is 2.27. The molecule has 19 heavy (non-hydrogen) atoms. The van der Waals surface area contributed by atoms with Crippen molar-refractivity contribution >= 4 is 11.9 Å². The van der Waals surface area contributed by atoms with Crippen molar-refractivity contribution in [3.8, 4) is 11.5 Å². The lowest BCUT2D eigenvalue weighted by Crippen LogP contribution is -1.98. The van der Waals surface area contributed by atoms with Gasteiger partial charge in [0.25, 0.3) is 0 Å². The van der Waals surface area contributed by atoms with Crippen molar-refractivity contribution in [1.82, 2.24) is 4.98 Å². The zero-order valence-electron chi connectivity index (χ0n) is 9.61. The third-order valence-electron chi connectivity index (χ3n) is 2.30. The third-order valence-corrected chi connectivity index (χ3v) is 2.30. The van der Waals surface area contributed by atoms with E-state index in [4.69, 9.17) is 14.9 Å². The molecule has 1 aromatic heterocycles. The molecule has 2 aromatic rings. The zero-order chi connectivity index (χ0) is 13.8. The van der Waals surface area contributed by atoms with Crippen LogP contribution in [0.5, 0.6) is 11.5 Å². The SMILES string of the molecule is O=C(O)c1ccc(Oc2cncc(C(=O)O)c2)cc1. The minimum absolute atomic E-state index is 0.0136. The lowest BCUT2D eigenvalue weighted by molar-refractivity contribution is 0.0685. The van der Waals surface area contributed by atoms with Gasteiger partial charge in [-0.2, -0.15) is 0 Å². The summed E-state index contributed by atoms with van der Waals surface area (Å²) >= 11 is 0. The van der Waals surface area contributed by atoms with E-state index in [9.17, 15) is 9.59 Å². The first-order valence-electron chi connectivity index (χ1n) is 5.26.